The van der Waals surface area contributed by atoms with Gasteiger partial charge in [0, 0.05) is 11.1 Å². The second-order valence-corrected chi connectivity index (χ2v) is 5.98. The predicted octanol–water partition coefficient (Wildman–Crippen LogP) is 5.71. The molecule has 25 heavy (non-hydrogen) atoms. The number of benzene rings is 4. The van der Waals surface area contributed by atoms with Gasteiger partial charge in [-0.3, -0.25) is 0 Å². The number of hydrogen-bond acceptors (Lipinski definition) is 3. The first kappa shape index (κ1) is 13.9. The molecule has 5 aromatic rings. The summed E-state index contributed by atoms with van der Waals surface area (Å²) in [7, 11) is 0. The van der Waals surface area contributed by atoms with Gasteiger partial charge in [0.05, 0.1) is 0 Å². The predicted molar refractivity (Wildman–Crippen MR) is 100 cm³/mol. The summed E-state index contributed by atoms with van der Waals surface area (Å²) in [5.41, 5.74) is 1.94. The van der Waals surface area contributed by atoms with Crippen LogP contribution < -0.4 is 0 Å². The normalized spacial score (nSPS) is 11.2. The maximum Gasteiger partial charge on any atom is 0.258 e. The van der Waals surface area contributed by atoms with Crippen LogP contribution in [0.2, 0.25) is 0 Å². The minimum absolute atomic E-state index is 0.541. The van der Waals surface area contributed by atoms with E-state index in [0.29, 0.717) is 11.7 Å². The molecule has 0 atom stereocenters. The summed E-state index contributed by atoms with van der Waals surface area (Å²) in [4.78, 5) is 4.67. The number of aromatic nitrogens is 2. The Labute approximate surface area is 144 Å². The maximum absolute atomic E-state index is 5.60. The van der Waals surface area contributed by atoms with Gasteiger partial charge in [0.2, 0.25) is 5.82 Å². The molecule has 3 heteroatoms. The Morgan fingerprint density at radius 1 is 0.560 bits per heavy atom. The SMILES string of the molecule is c1ccc2c(-c3noc(-c4cccc5ccccc45)n3)cccc2c1. The topological polar surface area (TPSA) is 38.9 Å². The Kier molecular flexibility index (Phi) is 3.10. The number of nitrogens with zero attached hydrogens (tertiary/aromatic N) is 2. The van der Waals surface area contributed by atoms with Crippen molar-refractivity contribution < 1.29 is 4.52 Å². The second kappa shape index (κ2) is 5.56. The zero-order valence-corrected chi connectivity index (χ0v) is 13.4. The van der Waals surface area contributed by atoms with Crippen molar-refractivity contribution in [2.75, 3.05) is 0 Å². The molecule has 118 valence electrons. The Bertz CT molecular complexity index is 1100. The molecule has 0 aliphatic heterocycles. The molecule has 0 saturated heterocycles. The van der Waals surface area contributed by atoms with E-state index in [1.807, 2.05) is 48.5 Å². The Morgan fingerprint density at radius 3 is 1.84 bits per heavy atom. The van der Waals surface area contributed by atoms with Crippen molar-refractivity contribution >= 4 is 21.5 Å². The van der Waals surface area contributed by atoms with Crippen LogP contribution in [0.5, 0.6) is 0 Å². The van der Waals surface area contributed by atoms with E-state index in [4.69, 9.17) is 4.52 Å². The van der Waals surface area contributed by atoms with Crippen molar-refractivity contribution in [3.05, 3.63) is 84.9 Å². The monoisotopic (exact) mass is 322 g/mol. The van der Waals surface area contributed by atoms with Crippen molar-refractivity contribution in [2.45, 2.75) is 0 Å². The van der Waals surface area contributed by atoms with E-state index < -0.39 is 0 Å². The van der Waals surface area contributed by atoms with E-state index in [9.17, 15) is 0 Å². The molecular formula is C22H14N2O. The fraction of sp³-hybridized carbons (Fsp3) is 0. The first-order valence-electron chi connectivity index (χ1n) is 8.20. The molecule has 0 aliphatic rings. The van der Waals surface area contributed by atoms with Gasteiger partial charge in [-0.2, -0.15) is 4.98 Å². The van der Waals surface area contributed by atoms with E-state index in [1.54, 1.807) is 0 Å². The molecule has 0 N–H and O–H groups in total. The molecule has 0 radical (unpaired) electrons. The number of fused-ring (bicyclic) bond motifs is 2. The molecule has 0 bridgehead atoms. The maximum atomic E-state index is 5.60. The van der Waals surface area contributed by atoms with Crippen molar-refractivity contribution in [3.8, 4) is 22.8 Å². The first-order valence-corrected chi connectivity index (χ1v) is 8.20. The molecular weight excluding hydrogens is 308 g/mol. The average Bonchev–Trinajstić information content (AvgIpc) is 3.17. The molecule has 5 rings (SSSR count). The quantitative estimate of drug-likeness (QED) is 0.418. The average molecular weight is 322 g/mol. The fourth-order valence-electron chi connectivity index (χ4n) is 3.27. The van der Waals surface area contributed by atoms with Crippen molar-refractivity contribution in [1.29, 1.82) is 0 Å². The zero-order valence-electron chi connectivity index (χ0n) is 13.4. The summed E-state index contributed by atoms with van der Waals surface area (Å²) >= 11 is 0. The van der Waals surface area contributed by atoms with Crippen molar-refractivity contribution in [1.82, 2.24) is 10.1 Å². The summed E-state index contributed by atoms with van der Waals surface area (Å²) in [6, 6.07) is 28.7. The van der Waals surface area contributed by atoms with Gasteiger partial charge in [0.15, 0.2) is 0 Å². The molecule has 0 amide bonds. The van der Waals surface area contributed by atoms with Crippen LogP contribution in [0.3, 0.4) is 0 Å². The van der Waals surface area contributed by atoms with E-state index >= 15 is 0 Å². The summed E-state index contributed by atoms with van der Waals surface area (Å²) < 4.78 is 5.60. The van der Waals surface area contributed by atoms with Crippen LogP contribution in [0.25, 0.3) is 44.4 Å². The number of hydrogen-bond donors (Lipinski definition) is 0. The van der Waals surface area contributed by atoms with Gasteiger partial charge in [-0.05, 0) is 27.6 Å². The fourth-order valence-corrected chi connectivity index (χ4v) is 3.27. The molecule has 1 heterocycles. The standard InChI is InChI=1S/C22H14N2O/c1-3-11-17-15(7-1)9-5-13-19(17)21-23-22(25-24-21)20-14-6-10-16-8-2-4-12-18(16)20/h1-14H. The highest BCUT2D eigenvalue weighted by atomic mass is 16.5. The highest BCUT2D eigenvalue weighted by molar-refractivity contribution is 5.96. The first-order chi connectivity index (χ1) is 12.4. The molecule has 3 nitrogen and oxygen atoms in total. The molecule has 0 unspecified atom stereocenters. The second-order valence-electron chi connectivity index (χ2n) is 5.98. The zero-order chi connectivity index (χ0) is 16.6. The van der Waals surface area contributed by atoms with Gasteiger partial charge in [-0.15, -0.1) is 0 Å². The minimum atomic E-state index is 0.541. The Morgan fingerprint density at radius 2 is 1.12 bits per heavy atom. The van der Waals surface area contributed by atoms with Crippen LogP contribution in [-0.2, 0) is 0 Å². The van der Waals surface area contributed by atoms with Crippen LogP contribution in [0, 0.1) is 0 Å². The van der Waals surface area contributed by atoms with Crippen LogP contribution in [-0.4, -0.2) is 10.1 Å². The minimum Gasteiger partial charge on any atom is -0.334 e. The molecule has 0 aliphatic carbocycles. The summed E-state index contributed by atoms with van der Waals surface area (Å²) in [5.74, 6) is 1.15. The largest absolute Gasteiger partial charge is 0.334 e. The highest BCUT2D eigenvalue weighted by Gasteiger charge is 2.14. The van der Waals surface area contributed by atoms with Gasteiger partial charge < -0.3 is 4.52 Å². The molecule has 0 fully saturated rings. The summed E-state index contributed by atoms with van der Waals surface area (Å²) in [6.45, 7) is 0. The van der Waals surface area contributed by atoms with Crippen molar-refractivity contribution in [3.63, 3.8) is 0 Å². The van der Waals surface area contributed by atoms with Crippen LogP contribution in [0.1, 0.15) is 0 Å². The third kappa shape index (κ3) is 2.29. The van der Waals surface area contributed by atoms with Crippen LogP contribution in [0.4, 0.5) is 0 Å². The van der Waals surface area contributed by atoms with E-state index in [2.05, 4.69) is 46.5 Å². The number of rotatable bonds is 2. The lowest BCUT2D eigenvalue weighted by atomic mass is 10.0. The Balaban J connectivity index is 1.69. The van der Waals surface area contributed by atoms with Crippen molar-refractivity contribution in [2.24, 2.45) is 0 Å². The third-order valence-electron chi connectivity index (χ3n) is 4.48. The van der Waals surface area contributed by atoms with Gasteiger partial charge in [-0.1, -0.05) is 84.0 Å². The molecule has 1 aromatic heterocycles. The van der Waals surface area contributed by atoms with E-state index in [1.165, 1.54) is 0 Å². The molecule has 4 aromatic carbocycles. The van der Waals surface area contributed by atoms with Gasteiger partial charge in [0.25, 0.3) is 5.89 Å². The summed E-state index contributed by atoms with van der Waals surface area (Å²) in [5, 5.41) is 8.78. The smallest absolute Gasteiger partial charge is 0.258 e. The van der Waals surface area contributed by atoms with Crippen LogP contribution >= 0.6 is 0 Å². The van der Waals surface area contributed by atoms with E-state index in [0.717, 1.165) is 32.7 Å². The van der Waals surface area contributed by atoms with E-state index in [-0.39, 0.29) is 0 Å². The lowest BCUT2D eigenvalue weighted by molar-refractivity contribution is 0.433. The van der Waals surface area contributed by atoms with Gasteiger partial charge in [-0.25, -0.2) is 0 Å². The highest BCUT2D eigenvalue weighted by Crippen LogP contribution is 2.31. The van der Waals surface area contributed by atoms with Gasteiger partial charge >= 0.3 is 0 Å². The van der Waals surface area contributed by atoms with Crippen LogP contribution in [0.15, 0.2) is 89.5 Å². The molecule has 0 spiro atoms. The lowest BCUT2D eigenvalue weighted by Crippen LogP contribution is -1.84. The Hall–Kier alpha value is -3.46. The molecule has 0 saturated carbocycles. The van der Waals surface area contributed by atoms with Gasteiger partial charge in [0.1, 0.15) is 0 Å². The third-order valence-corrected chi connectivity index (χ3v) is 4.48. The summed E-state index contributed by atoms with van der Waals surface area (Å²) in [6.07, 6.45) is 0. The lowest BCUT2D eigenvalue weighted by Gasteiger charge is -2.02.